The number of hydrogen-bond acceptors (Lipinski definition) is 4. The van der Waals surface area contributed by atoms with Gasteiger partial charge in [0.2, 0.25) is 5.95 Å². The van der Waals surface area contributed by atoms with Gasteiger partial charge in [-0.05, 0) is 52.6 Å². The van der Waals surface area contributed by atoms with E-state index >= 15 is 0 Å². The third kappa shape index (κ3) is 4.71. The fraction of sp³-hybridized carbons (Fsp3) is 0. The van der Waals surface area contributed by atoms with Crippen molar-refractivity contribution in [2.24, 2.45) is 0 Å². The number of nitrogens with zero attached hydrogens (tertiary/aromatic N) is 4. The van der Waals surface area contributed by atoms with Gasteiger partial charge in [0.1, 0.15) is 0 Å². The van der Waals surface area contributed by atoms with Crippen molar-refractivity contribution in [2.75, 3.05) is 0 Å². The maximum atomic E-state index is 9.27. The van der Waals surface area contributed by atoms with E-state index in [2.05, 4.69) is 12.1 Å². The van der Waals surface area contributed by atoms with Crippen LogP contribution in [0.3, 0.4) is 0 Å². The van der Waals surface area contributed by atoms with Crippen LogP contribution in [0.2, 0.25) is 0 Å². The summed E-state index contributed by atoms with van der Waals surface area (Å²) in [7, 11) is 0. The Morgan fingerprint density at radius 2 is 1.16 bits per heavy atom. The summed E-state index contributed by atoms with van der Waals surface area (Å²) in [6.45, 7) is 0. The molecule has 0 spiro atoms. The van der Waals surface area contributed by atoms with Gasteiger partial charge < -0.3 is 0 Å². The van der Waals surface area contributed by atoms with Crippen LogP contribution in [0.25, 0.3) is 93.0 Å². The standard InChI is InChI=1S/C45H28N4S/c1-3-13-29(14-4-1)31-17-11-18-32(27-31)43-46-44(33-25-26-36-35-19-8-10-24-40(35)50-41(36)28-33)48-45(47-43)49-38-22-9-7-20-37(38)42-34(21-12-23-39(42)49)30-15-5-2-6-16-30/h1-28H/i2D,5D,6D,7D,9D,15D,16D,20D,22D. The minimum atomic E-state index is -0.546. The zero-order valence-electron chi connectivity index (χ0n) is 35.2. The van der Waals surface area contributed by atoms with Gasteiger partial charge in [-0.15, -0.1) is 11.3 Å². The monoisotopic (exact) mass is 665 g/mol. The highest BCUT2D eigenvalue weighted by molar-refractivity contribution is 7.25. The summed E-state index contributed by atoms with van der Waals surface area (Å²) in [5.74, 6) is 0.707. The van der Waals surface area contributed by atoms with Crippen LogP contribution in [-0.4, -0.2) is 19.5 Å². The van der Waals surface area contributed by atoms with Crippen LogP contribution in [0.15, 0.2) is 170 Å². The molecule has 7 aromatic carbocycles. The van der Waals surface area contributed by atoms with E-state index in [1.807, 2.05) is 84.9 Å². The molecule has 50 heavy (non-hydrogen) atoms. The normalized spacial score (nSPS) is 14.1. The zero-order valence-corrected chi connectivity index (χ0v) is 27.0. The molecule has 4 nitrogen and oxygen atoms in total. The number of benzene rings is 7. The second-order valence-electron chi connectivity index (χ2n) is 11.8. The molecule has 10 aromatic rings. The molecule has 0 fully saturated rings. The van der Waals surface area contributed by atoms with Gasteiger partial charge in [-0.1, -0.05) is 139 Å². The summed E-state index contributed by atoms with van der Waals surface area (Å²) < 4.78 is 82.5. The lowest BCUT2D eigenvalue weighted by atomic mass is 9.99. The summed E-state index contributed by atoms with van der Waals surface area (Å²) >= 11 is 1.66. The van der Waals surface area contributed by atoms with Crippen molar-refractivity contribution in [3.05, 3.63) is 170 Å². The first-order valence-electron chi connectivity index (χ1n) is 20.5. The molecule has 0 aliphatic heterocycles. The molecule has 0 saturated heterocycles. The number of hydrogen-bond donors (Lipinski definition) is 0. The smallest absolute Gasteiger partial charge is 0.238 e. The third-order valence-electron chi connectivity index (χ3n) is 8.88. The maximum Gasteiger partial charge on any atom is 0.238 e. The number of fused-ring (bicyclic) bond motifs is 6. The van der Waals surface area contributed by atoms with Crippen molar-refractivity contribution in [3.63, 3.8) is 0 Å². The summed E-state index contributed by atoms with van der Waals surface area (Å²) in [4.78, 5) is 15.1. The molecule has 0 radical (unpaired) electrons. The molecule has 0 atom stereocenters. The summed E-state index contributed by atoms with van der Waals surface area (Å²) in [5, 5.41) is 2.59. The highest BCUT2D eigenvalue weighted by Gasteiger charge is 2.20. The van der Waals surface area contributed by atoms with Crippen LogP contribution in [0.5, 0.6) is 0 Å². The van der Waals surface area contributed by atoms with E-state index < -0.39 is 42.3 Å². The second-order valence-corrected chi connectivity index (χ2v) is 12.9. The lowest BCUT2D eigenvalue weighted by Crippen LogP contribution is -2.06. The lowest BCUT2D eigenvalue weighted by Gasteiger charge is -2.12. The van der Waals surface area contributed by atoms with Crippen LogP contribution in [0, 0.1) is 0 Å². The number of rotatable bonds is 5. The first-order chi connectivity index (χ1) is 28.5. The van der Waals surface area contributed by atoms with Gasteiger partial charge >= 0.3 is 0 Å². The minimum absolute atomic E-state index is 0.0620. The Kier molecular flexibility index (Phi) is 4.84. The van der Waals surface area contributed by atoms with Crippen molar-refractivity contribution in [2.45, 2.75) is 0 Å². The van der Waals surface area contributed by atoms with E-state index in [9.17, 15) is 2.74 Å². The molecule has 0 aliphatic carbocycles. The first kappa shape index (κ1) is 20.8. The summed E-state index contributed by atoms with van der Waals surface area (Å²) in [6.07, 6.45) is 0. The van der Waals surface area contributed by atoms with Crippen LogP contribution in [-0.2, 0) is 0 Å². The van der Waals surface area contributed by atoms with Crippen molar-refractivity contribution >= 4 is 53.3 Å². The van der Waals surface area contributed by atoms with Crippen LogP contribution in [0.1, 0.15) is 12.3 Å². The van der Waals surface area contributed by atoms with Gasteiger partial charge in [-0.25, -0.2) is 4.98 Å². The molecule has 0 saturated carbocycles. The second kappa shape index (κ2) is 11.6. The molecule has 3 aromatic heterocycles. The van der Waals surface area contributed by atoms with E-state index in [1.54, 1.807) is 34.1 Å². The van der Waals surface area contributed by atoms with Crippen molar-refractivity contribution in [3.8, 4) is 51.0 Å². The molecule has 0 aliphatic rings. The topological polar surface area (TPSA) is 43.6 Å². The quantitative estimate of drug-likeness (QED) is 0.184. The Bertz CT molecular complexity index is 3370. The third-order valence-corrected chi connectivity index (χ3v) is 10.0. The lowest BCUT2D eigenvalue weighted by molar-refractivity contribution is 0.954. The van der Waals surface area contributed by atoms with E-state index in [-0.39, 0.29) is 45.4 Å². The van der Waals surface area contributed by atoms with Crippen molar-refractivity contribution in [1.82, 2.24) is 19.5 Å². The average molecular weight is 666 g/mol. The largest absolute Gasteiger partial charge is 0.278 e. The molecule has 10 rings (SSSR count). The number of aromatic nitrogens is 4. The van der Waals surface area contributed by atoms with Gasteiger partial charge in [-0.2, -0.15) is 9.97 Å². The average Bonchev–Trinajstić information content (AvgIpc) is 3.83. The van der Waals surface area contributed by atoms with E-state index in [0.717, 1.165) is 31.3 Å². The Balaban J connectivity index is 1.31. The van der Waals surface area contributed by atoms with Crippen LogP contribution in [0.4, 0.5) is 0 Å². The number of thiophene rings is 1. The van der Waals surface area contributed by atoms with Crippen LogP contribution < -0.4 is 0 Å². The van der Waals surface area contributed by atoms with E-state index in [1.165, 1.54) is 0 Å². The Morgan fingerprint density at radius 1 is 0.460 bits per heavy atom. The van der Waals surface area contributed by atoms with Gasteiger partial charge in [0.15, 0.2) is 11.6 Å². The Labute approximate surface area is 305 Å². The Hall–Kier alpha value is -6.43. The fourth-order valence-corrected chi connectivity index (χ4v) is 7.77. The highest BCUT2D eigenvalue weighted by atomic mass is 32.1. The molecule has 234 valence electrons. The maximum absolute atomic E-state index is 9.27. The molecular weight excluding hydrogens is 629 g/mol. The van der Waals surface area contributed by atoms with Crippen LogP contribution >= 0.6 is 11.3 Å². The minimum Gasteiger partial charge on any atom is -0.278 e. The molecule has 0 amide bonds. The molecule has 5 heteroatoms. The summed E-state index contributed by atoms with van der Waals surface area (Å²) in [6, 6.07) is 32.8. The van der Waals surface area contributed by atoms with Gasteiger partial charge in [0.05, 0.1) is 23.4 Å². The zero-order chi connectivity index (χ0) is 40.9. The van der Waals surface area contributed by atoms with Gasteiger partial charge in [0, 0.05) is 42.1 Å². The molecule has 0 N–H and O–H groups in total. The summed E-state index contributed by atoms with van der Waals surface area (Å²) in [5.41, 5.74) is 3.83. The molecule has 0 unspecified atom stereocenters. The highest BCUT2D eigenvalue weighted by Crippen LogP contribution is 2.39. The Morgan fingerprint density at radius 3 is 2.04 bits per heavy atom. The van der Waals surface area contributed by atoms with Gasteiger partial charge in [0.25, 0.3) is 0 Å². The number of para-hydroxylation sites is 1. The predicted octanol–water partition coefficient (Wildman–Crippen LogP) is 12.0. The fourth-order valence-electron chi connectivity index (χ4n) is 6.62. The van der Waals surface area contributed by atoms with Crippen molar-refractivity contribution in [1.29, 1.82) is 0 Å². The SMILES string of the molecule is [2H]c1c([2H])c([2H])c(-c2cccc3c2c2c([2H])c([2H])c([2H])c([2H])c2n3-c2nc(-c3cccc(-c4ccccc4)c3)nc(-c3ccc4c(c3)sc3ccccc34)n2)c([2H])c1[2H]. The molecular formula is C45H28N4S. The van der Waals surface area contributed by atoms with E-state index in [4.69, 9.17) is 24.5 Å². The van der Waals surface area contributed by atoms with Gasteiger partial charge in [-0.3, -0.25) is 4.57 Å². The van der Waals surface area contributed by atoms with Crippen molar-refractivity contribution < 1.29 is 12.3 Å². The predicted molar refractivity (Wildman–Crippen MR) is 209 cm³/mol. The van der Waals surface area contributed by atoms with E-state index in [0.29, 0.717) is 28.3 Å². The first-order valence-corrected chi connectivity index (χ1v) is 16.8. The molecule has 3 heterocycles. The molecule has 0 bridgehead atoms.